The summed E-state index contributed by atoms with van der Waals surface area (Å²) >= 11 is 3.25. The number of anilines is 1. The van der Waals surface area contributed by atoms with E-state index in [1.165, 1.54) is 0 Å². The van der Waals surface area contributed by atoms with E-state index in [-0.39, 0.29) is 5.91 Å². The smallest absolute Gasteiger partial charge is 0.261 e. The molecule has 4 aromatic rings. The van der Waals surface area contributed by atoms with Crippen molar-refractivity contribution >= 4 is 44.9 Å². The number of thioether (sulfide) groups is 1. The zero-order valence-electron chi connectivity index (χ0n) is 15.8. The first-order valence-electron chi connectivity index (χ1n) is 8.61. The molecule has 0 unspecified atom stereocenters. The van der Waals surface area contributed by atoms with Crippen molar-refractivity contribution < 1.29 is 13.8 Å². The van der Waals surface area contributed by atoms with E-state index in [1.807, 2.05) is 32.0 Å². The Morgan fingerprint density at radius 2 is 1.86 bits per heavy atom. The molecule has 1 N–H and O–H groups in total. The Bertz CT molecular complexity index is 1140. The van der Waals surface area contributed by atoms with Gasteiger partial charge in [0.2, 0.25) is 0 Å². The Labute approximate surface area is 169 Å². The summed E-state index contributed by atoms with van der Waals surface area (Å²) < 4.78 is 12.3. The van der Waals surface area contributed by atoms with Crippen LogP contribution in [0.15, 0.2) is 31.6 Å². The van der Waals surface area contributed by atoms with Crippen LogP contribution in [0.1, 0.15) is 38.8 Å². The van der Waals surface area contributed by atoms with Crippen LogP contribution in [-0.4, -0.2) is 21.2 Å². The lowest BCUT2D eigenvalue weighted by molar-refractivity contribution is 0.102. The van der Waals surface area contributed by atoms with Gasteiger partial charge >= 0.3 is 0 Å². The first-order chi connectivity index (χ1) is 13.4. The van der Waals surface area contributed by atoms with Crippen LogP contribution in [0.25, 0.3) is 10.2 Å². The summed E-state index contributed by atoms with van der Waals surface area (Å²) in [6, 6.07) is 5.69. The SMILES string of the molecule is Cc1noc(C)c1CSc1nc2ccc(NC(=O)c3c(C)noc3C)cc2s1. The molecule has 0 fully saturated rings. The van der Waals surface area contributed by atoms with E-state index in [4.69, 9.17) is 9.05 Å². The quantitative estimate of drug-likeness (QED) is 0.457. The fraction of sp³-hybridized carbons (Fsp3) is 0.263. The van der Waals surface area contributed by atoms with Gasteiger partial charge in [-0.05, 0) is 45.9 Å². The number of aromatic nitrogens is 3. The molecule has 0 spiro atoms. The standard InChI is InChI=1S/C19H18N4O3S2/c1-9-14(11(3)25-22-9)8-27-19-21-15-6-5-13(7-16(15)28-19)20-18(24)17-10(2)23-26-12(17)4/h5-7H,8H2,1-4H3,(H,20,24). The lowest BCUT2D eigenvalue weighted by atomic mass is 10.2. The second-order valence-electron chi connectivity index (χ2n) is 6.41. The van der Waals surface area contributed by atoms with Crippen LogP contribution >= 0.6 is 23.1 Å². The van der Waals surface area contributed by atoms with Crippen LogP contribution in [-0.2, 0) is 5.75 Å². The summed E-state index contributed by atoms with van der Waals surface area (Å²) in [6.45, 7) is 7.34. The molecule has 1 aromatic carbocycles. The zero-order valence-corrected chi connectivity index (χ0v) is 17.5. The Morgan fingerprint density at radius 3 is 2.54 bits per heavy atom. The number of hydrogen-bond acceptors (Lipinski definition) is 8. The number of benzene rings is 1. The second-order valence-corrected chi connectivity index (χ2v) is 8.66. The van der Waals surface area contributed by atoms with Gasteiger partial charge in [-0.25, -0.2) is 4.98 Å². The zero-order chi connectivity index (χ0) is 19.8. The highest BCUT2D eigenvalue weighted by atomic mass is 32.2. The van der Waals surface area contributed by atoms with Gasteiger partial charge in [0, 0.05) is 17.0 Å². The van der Waals surface area contributed by atoms with E-state index in [0.717, 1.165) is 37.3 Å². The van der Waals surface area contributed by atoms with Crippen molar-refractivity contribution in [3.63, 3.8) is 0 Å². The maximum absolute atomic E-state index is 12.5. The fourth-order valence-electron chi connectivity index (χ4n) is 2.89. The van der Waals surface area contributed by atoms with Gasteiger partial charge in [0.1, 0.15) is 17.1 Å². The van der Waals surface area contributed by atoms with Gasteiger partial charge in [-0.1, -0.05) is 22.1 Å². The Balaban J connectivity index is 1.51. The van der Waals surface area contributed by atoms with Gasteiger partial charge in [-0.2, -0.15) is 0 Å². The van der Waals surface area contributed by atoms with E-state index in [9.17, 15) is 4.79 Å². The second kappa shape index (κ2) is 7.40. The van der Waals surface area contributed by atoms with Crippen LogP contribution in [0.2, 0.25) is 0 Å². The molecule has 4 rings (SSSR count). The number of carbonyl (C=O) groups is 1. The van der Waals surface area contributed by atoms with Gasteiger partial charge in [0.05, 0.1) is 21.6 Å². The van der Waals surface area contributed by atoms with Crippen molar-refractivity contribution in [3.05, 3.63) is 52.2 Å². The molecule has 0 saturated carbocycles. The molecule has 144 valence electrons. The van der Waals surface area contributed by atoms with Crippen LogP contribution in [0, 0.1) is 27.7 Å². The molecule has 0 bridgehead atoms. The monoisotopic (exact) mass is 414 g/mol. The number of nitrogens with one attached hydrogen (secondary N) is 1. The van der Waals surface area contributed by atoms with E-state index < -0.39 is 0 Å². The largest absolute Gasteiger partial charge is 0.361 e. The lowest BCUT2D eigenvalue weighted by Gasteiger charge is -2.04. The molecule has 28 heavy (non-hydrogen) atoms. The molecule has 0 saturated heterocycles. The number of amides is 1. The van der Waals surface area contributed by atoms with Gasteiger partial charge in [0.25, 0.3) is 5.91 Å². The predicted octanol–water partition coefficient (Wildman–Crippen LogP) is 5.05. The molecular formula is C19H18N4O3S2. The number of hydrogen-bond donors (Lipinski definition) is 1. The number of carbonyl (C=O) groups excluding carboxylic acids is 1. The molecule has 3 aromatic heterocycles. The number of thiazole rings is 1. The normalized spacial score (nSPS) is 11.3. The summed E-state index contributed by atoms with van der Waals surface area (Å²) in [6.07, 6.45) is 0. The lowest BCUT2D eigenvalue weighted by Crippen LogP contribution is -2.13. The maximum atomic E-state index is 12.5. The molecule has 9 heteroatoms. The summed E-state index contributed by atoms with van der Waals surface area (Å²) in [7, 11) is 0. The molecule has 1 amide bonds. The minimum Gasteiger partial charge on any atom is -0.361 e. The molecule has 0 radical (unpaired) electrons. The summed E-state index contributed by atoms with van der Waals surface area (Å²) in [5.74, 6) is 1.88. The Morgan fingerprint density at radius 1 is 1.11 bits per heavy atom. The third-order valence-corrected chi connectivity index (χ3v) is 6.60. The average Bonchev–Trinajstić information content (AvgIpc) is 3.30. The van der Waals surface area contributed by atoms with Crippen molar-refractivity contribution in [1.82, 2.24) is 15.3 Å². The number of nitrogens with zero attached hydrogens (tertiary/aromatic N) is 3. The number of rotatable bonds is 5. The highest BCUT2D eigenvalue weighted by molar-refractivity contribution is 8.00. The molecule has 7 nitrogen and oxygen atoms in total. The third kappa shape index (κ3) is 3.55. The van der Waals surface area contributed by atoms with Crippen LogP contribution in [0.4, 0.5) is 5.69 Å². The highest BCUT2D eigenvalue weighted by Gasteiger charge is 2.18. The molecule has 0 aliphatic heterocycles. The predicted molar refractivity (Wildman–Crippen MR) is 109 cm³/mol. The van der Waals surface area contributed by atoms with E-state index in [1.54, 1.807) is 36.9 Å². The Kier molecular flexibility index (Phi) is 4.94. The van der Waals surface area contributed by atoms with Gasteiger partial charge in [-0.3, -0.25) is 4.79 Å². The fourth-order valence-corrected chi connectivity index (χ4v) is 5.15. The molecule has 0 aliphatic carbocycles. The average molecular weight is 415 g/mol. The molecular weight excluding hydrogens is 396 g/mol. The summed E-state index contributed by atoms with van der Waals surface area (Å²) in [5, 5.41) is 10.7. The van der Waals surface area contributed by atoms with Gasteiger partial charge in [-0.15, -0.1) is 11.3 Å². The molecule has 0 aliphatic rings. The summed E-state index contributed by atoms with van der Waals surface area (Å²) in [4.78, 5) is 17.2. The first kappa shape index (κ1) is 18.7. The van der Waals surface area contributed by atoms with Gasteiger partial charge in [0.15, 0.2) is 4.34 Å². The number of fused-ring (bicyclic) bond motifs is 1. The maximum Gasteiger partial charge on any atom is 0.261 e. The van der Waals surface area contributed by atoms with Crippen molar-refractivity contribution in [2.24, 2.45) is 0 Å². The first-order valence-corrected chi connectivity index (χ1v) is 10.4. The van der Waals surface area contributed by atoms with Gasteiger partial charge < -0.3 is 14.4 Å². The van der Waals surface area contributed by atoms with Crippen molar-refractivity contribution in [3.8, 4) is 0 Å². The van der Waals surface area contributed by atoms with Crippen LogP contribution in [0.3, 0.4) is 0 Å². The van der Waals surface area contributed by atoms with Crippen molar-refractivity contribution in [1.29, 1.82) is 0 Å². The van der Waals surface area contributed by atoms with Crippen LogP contribution < -0.4 is 5.32 Å². The van der Waals surface area contributed by atoms with Crippen molar-refractivity contribution in [2.45, 2.75) is 37.8 Å². The minimum atomic E-state index is -0.229. The Hall–Kier alpha value is -2.65. The topological polar surface area (TPSA) is 94.1 Å². The molecule has 0 atom stereocenters. The molecule has 3 heterocycles. The third-order valence-electron chi connectivity index (χ3n) is 4.41. The highest BCUT2D eigenvalue weighted by Crippen LogP contribution is 2.34. The van der Waals surface area contributed by atoms with E-state index >= 15 is 0 Å². The van der Waals surface area contributed by atoms with Crippen LogP contribution in [0.5, 0.6) is 0 Å². The van der Waals surface area contributed by atoms with E-state index in [0.29, 0.717) is 22.7 Å². The minimum absolute atomic E-state index is 0.229. The van der Waals surface area contributed by atoms with Crippen molar-refractivity contribution in [2.75, 3.05) is 5.32 Å². The summed E-state index contributed by atoms with van der Waals surface area (Å²) in [5.41, 5.74) is 4.68. The number of aryl methyl sites for hydroxylation is 4. The van der Waals surface area contributed by atoms with E-state index in [2.05, 4.69) is 20.6 Å².